The Balaban J connectivity index is 1.63. The van der Waals surface area contributed by atoms with Gasteiger partial charge >= 0.3 is 0 Å². The third-order valence-corrected chi connectivity index (χ3v) is 6.62. The molecule has 1 aliphatic heterocycles. The first kappa shape index (κ1) is 13.8. The predicted molar refractivity (Wildman–Crippen MR) is 85.2 cm³/mol. The third-order valence-electron chi connectivity index (χ3n) is 5.56. The molecule has 0 bridgehead atoms. The minimum absolute atomic E-state index is 0.120. The van der Waals surface area contributed by atoms with Crippen molar-refractivity contribution in [3.63, 3.8) is 0 Å². The van der Waals surface area contributed by atoms with Gasteiger partial charge in [-0.1, -0.05) is 19.3 Å². The van der Waals surface area contributed by atoms with Crippen LogP contribution in [0.3, 0.4) is 0 Å². The molecule has 1 saturated heterocycles. The zero-order valence-electron chi connectivity index (χ0n) is 12.7. The van der Waals surface area contributed by atoms with E-state index < -0.39 is 0 Å². The number of aryl methyl sites for hydroxylation is 1. The molecule has 4 heteroatoms. The second-order valence-corrected chi connectivity index (χ2v) is 8.36. The van der Waals surface area contributed by atoms with Crippen LogP contribution in [-0.4, -0.2) is 22.9 Å². The minimum atomic E-state index is -0.244. The molecule has 0 aromatic carbocycles. The number of carbonyl (C=O) groups excluding carboxylic acids is 1. The Morgan fingerprint density at radius 3 is 2.62 bits per heavy atom. The number of amides is 1. The van der Waals surface area contributed by atoms with E-state index in [-0.39, 0.29) is 11.7 Å². The Morgan fingerprint density at radius 1 is 1.29 bits per heavy atom. The summed E-state index contributed by atoms with van der Waals surface area (Å²) in [5.74, 6) is 1.11. The number of thiophene rings is 1. The van der Waals surface area contributed by atoms with E-state index in [2.05, 4.69) is 29.3 Å². The average molecular weight is 304 g/mol. The van der Waals surface area contributed by atoms with Gasteiger partial charge in [-0.15, -0.1) is 11.3 Å². The molecule has 3 fully saturated rings. The first-order chi connectivity index (χ1) is 10.2. The molecule has 2 saturated carbocycles. The molecule has 1 spiro atoms. The van der Waals surface area contributed by atoms with E-state index in [1.807, 2.05) is 11.3 Å². The summed E-state index contributed by atoms with van der Waals surface area (Å²) in [7, 11) is 0. The Morgan fingerprint density at radius 2 is 2.05 bits per heavy atom. The molecule has 1 atom stereocenters. The molecule has 2 heterocycles. The van der Waals surface area contributed by atoms with Crippen LogP contribution < -0.4 is 5.32 Å². The summed E-state index contributed by atoms with van der Waals surface area (Å²) in [4.78, 5) is 17.9. The summed E-state index contributed by atoms with van der Waals surface area (Å²) in [6.45, 7) is 3.10. The number of hydrogen-bond donors (Lipinski definition) is 1. The van der Waals surface area contributed by atoms with Crippen LogP contribution in [0.1, 0.15) is 60.9 Å². The molecule has 1 aromatic heterocycles. The number of hydrogen-bond acceptors (Lipinski definition) is 3. The summed E-state index contributed by atoms with van der Waals surface area (Å²) in [6.07, 6.45) is 8.48. The van der Waals surface area contributed by atoms with Gasteiger partial charge in [0.15, 0.2) is 0 Å². The van der Waals surface area contributed by atoms with Gasteiger partial charge in [-0.25, -0.2) is 0 Å². The van der Waals surface area contributed by atoms with E-state index in [1.165, 1.54) is 41.9 Å². The highest BCUT2D eigenvalue weighted by molar-refractivity contribution is 7.12. The number of nitrogens with zero attached hydrogens (tertiary/aromatic N) is 1. The van der Waals surface area contributed by atoms with Gasteiger partial charge in [0, 0.05) is 16.3 Å². The van der Waals surface area contributed by atoms with Gasteiger partial charge in [0.25, 0.3) is 0 Å². The van der Waals surface area contributed by atoms with Crippen LogP contribution in [0.5, 0.6) is 0 Å². The second-order valence-electron chi connectivity index (χ2n) is 7.04. The Labute approximate surface area is 130 Å². The standard InChI is InChI=1S/C17H24N2OS/c1-12-7-8-14(21-12)15-18-17(9-2-3-10-17)16(20)19(15)11-13-5-4-6-13/h7-8,13,15,18H,2-6,9-11H2,1H3. The van der Waals surface area contributed by atoms with E-state index in [1.54, 1.807) is 0 Å². The Kier molecular flexibility index (Phi) is 3.34. The molecule has 2 aliphatic carbocycles. The van der Waals surface area contributed by atoms with Gasteiger partial charge in [0.05, 0.1) is 5.54 Å². The fourth-order valence-electron chi connectivity index (χ4n) is 4.10. The highest BCUT2D eigenvalue weighted by atomic mass is 32.1. The smallest absolute Gasteiger partial charge is 0.244 e. The topological polar surface area (TPSA) is 32.3 Å². The first-order valence-corrected chi connectivity index (χ1v) is 9.15. The van der Waals surface area contributed by atoms with E-state index in [9.17, 15) is 4.79 Å². The van der Waals surface area contributed by atoms with E-state index in [0.29, 0.717) is 5.91 Å². The highest BCUT2D eigenvalue weighted by Crippen LogP contribution is 2.43. The van der Waals surface area contributed by atoms with Gasteiger partial charge in [0.1, 0.15) is 6.17 Å². The third kappa shape index (κ3) is 2.23. The normalized spacial score (nSPS) is 28.5. The van der Waals surface area contributed by atoms with Crippen molar-refractivity contribution in [1.82, 2.24) is 10.2 Å². The zero-order chi connectivity index (χ0) is 14.4. The lowest BCUT2D eigenvalue weighted by atomic mass is 9.85. The molecule has 1 aromatic rings. The lowest BCUT2D eigenvalue weighted by molar-refractivity contribution is -0.134. The molecule has 1 unspecified atom stereocenters. The fourth-order valence-corrected chi connectivity index (χ4v) is 5.04. The lowest BCUT2D eigenvalue weighted by Gasteiger charge is -2.33. The van der Waals surface area contributed by atoms with Crippen molar-refractivity contribution in [2.45, 2.75) is 63.6 Å². The van der Waals surface area contributed by atoms with Crippen LogP contribution in [-0.2, 0) is 4.79 Å². The molecule has 114 valence electrons. The largest absolute Gasteiger partial charge is 0.320 e. The summed E-state index contributed by atoms with van der Waals surface area (Å²) in [6, 6.07) is 4.38. The minimum Gasteiger partial charge on any atom is -0.320 e. The maximum atomic E-state index is 13.1. The summed E-state index contributed by atoms with van der Waals surface area (Å²) in [5, 5.41) is 3.74. The van der Waals surface area contributed by atoms with Crippen molar-refractivity contribution >= 4 is 17.2 Å². The molecule has 21 heavy (non-hydrogen) atoms. The van der Waals surface area contributed by atoms with Gasteiger partial charge in [-0.3, -0.25) is 10.1 Å². The van der Waals surface area contributed by atoms with Gasteiger partial charge in [0.2, 0.25) is 5.91 Å². The second kappa shape index (κ2) is 5.10. The maximum Gasteiger partial charge on any atom is 0.244 e. The molecule has 4 rings (SSSR count). The first-order valence-electron chi connectivity index (χ1n) is 8.33. The van der Waals surface area contributed by atoms with Crippen LogP contribution in [0, 0.1) is 12.8 Å². The van der Waals surface area contributed by atoms with Crippen LogP contribution in [0.15, 0.2) is 12.1 Å². The van der Waals surface area contributed by atoms with Gasteiger partial charge in [-0.2, -0.15) is 0 Å². The van der Waals surface area contributed by atoms with Crippen molar-refractivity contribution in [3.05, 3.63) is 21.9 Å². The van der Waals surface area contributed by atoms with Gasteiger partial charge in [-0.05, 0) is 50.7 Å². The van der Waals surface area contributed by atoms with E-state index >= 15 is 0 Å². The summed E-state index contributed by atoms with van der Waals surface area (Å²) < 4.78 is 0. The summed E-state index contributed by atoms with van der Waals surface area (Å²) in [5.41, 5.74) is -0.244. The molecule has 0 radical (unpaired) electrons. The zero-order valence-corrected chi connectivity index (χ0v) is 13.5. The molecular formula is C17H24N2OS. The lowest BCUT2D eigenvalue weighted by Crippen LogP contribution is -2.44. The van der Waals surface area contributed by atoms with Crippen LogP contribution in [0.2, 0.25) is 0 Å². The number of rotatable bonds is 3. The van der Waals surface area contributed by atoms with Gasteiger partial charge < -0.3 is 4.90 Å². The van der Waals surface area contributed by atoms with E-state index in [4.69, 9.17) is 0 Å². The van der Waals surface area contributed by atoms with Crippen molar-refractivity contribution in [2.24, 2.45) is 5.92 Å². The maximum absolute atomic E-state index is 13.1. The van der Waals surface area contributed by atoms with Crippen LogP contribution in [0.25, 0.3) is 0 Å². The molecule has 1 N–H and O–H groups in total. The number of carbonyl (C=O) groups is 1. The monoisotopic (exact) mass is 304 g/mol. The molecule has 1 amide bonds. The van der Waals surface area contributed by atoms with Crippen LogP contribution in [0.4, 0.5) is 0 Å². The molecular weight excluding hydrogens is 280 g/mol. The quantitative estimate of drug-likeness (QED) is 0.925. The Bertz CT molecular complexity index is 543. The SMILES string of the molecule is Cc1ccc(C2NC3(CCCC3)C(=O)N2CC2CCC2)s1. The molecule has 3 nitrogen and oxygen atoms in total. The Hall–Kier alpha value is -0.870. The van der Waals surface area contributed by atoms with Crippen molar-refractivity contribution in [1.29, 1.82) is 0 Å². The van der Waals surface area contributed by atoms with Crippen molar-refractivity contribution < 1.29 is 4.79 Å². The predicted octanol–water partition coefficient (Wildman–Crippen LogP) is 3.60. The molecule has 3 aliphatic rings. The average Bonchev–Trinajstić information content (AvgIpc) is 3.10. The van der Waals surface area contributed by atoms with E-state index in [0.717, 1.165) is 25.3 Å². The highest BCUT2D eigenvalue weighted by Gasteiger charge is 2.53. The van der Waals surface area contributed by atoms with Crippen molar-refractivity contribution in [2.75, 3.05) is 6.54 Å². The fraction of sp³-hybridized carbons (Fsp3) is 0.706. The summed E-state index contributed by atoms with van der Waals surface area (Å²) >= 11 is 1.83. The van der Waals surface area contributed by atoms with Crippen molar-refractivity contribution in [3.8, 4) is 0 Å². The van der Waals surface area contributed by atoms with Crippen LogP contribution >= 0.6 is 11.3 Å². The number of nitrogens with one attached hydrogen (secondary N) is 1.